The molecule has 0 fully saturated rings. The van der Waals surface area contributed by atoms with Crippen LogP contribution >= 0.6 is 0 Å². The molecule has 4 heteroatoms. The molecule has 0 aliphatic carbocycles. The van der Waals surface area contributed by atoms with Crippen molar-refractivity contribution in [2.24, 2.45) is 5.41 Å². The van der Waals surface area contributed by atoms with Crippen LogP contribution in [-0.2, 0) is 0 Å². The average Bonchev–Trinajstić information content (AvgIpc) is 2.22. The highest BCUT2D eigenvalue weighted by Gasteiger charge is 2.32. The summed E-state index contributed by atoms with van der Waals surface area (Å²) in [5.41, 5.74) is -0.422. The Hall–Kier alpha value is -1.03. The molecule has 1 unspecified atom stereocenters. The number of hydrogen-bond acceptors (Lipinski definition) is 1. The summed E-state index contributed by atoms with van der Waals surface area (Å²) in [5, 5.41) is 2.91. The van der Waals surface area contributed by atoms with Crippen LogP contribution in [0, 0.1) is 22.9 Å². The largest absolute Gasteiger partial charge is 0.312 e. The van der Waals surface area contributed by atoms with E-state index in [1.54, 1.807) is 7.05 Å². The second kappa shape index (κ2) is 5.08. The zero-order valence-electron chi connectivity index (χ0n) is 10.6. The summed E-state index contributed by atoms with van der Waals surface area (Å²) >= 11 is 0. The average molecular weight is 245 g/mol. The van der Waals surface area contributed by atoms with Gasteiger partial charge in [-0.25, -0.2) is 13.2 Å². The maximum absolute atomic E-state index is 13.7. The van der Waals surface area contributed by atoms with E-state index in [4.69, 9.17) is 0 Å². The van der Waals surface area contributed by atoms with E-state index in [0.717, 1.165) is 6.42 Å². The second-order valence-electron chi connectivity index (χ2n) is 4.85. The molecule has 0 bridgehead atoms. The van der Waals surface area contributed by atoms with E-state index in [0.29, 0.717) is 12.1 Å². The van der Waals surface area contributed by atoms with Crippen LogP contribution < -0.4 is 5.32 Å². The van der Waals surface area contributed by atoms with Crippen LogP contribution in [0.4, 0.5) is 13.2 Å². The molecule has 0 radical (unpaired) electrons. The zero-order chi connectivity index (χ0) is 13.2. The summed E-state index contributed by atoms with van der Waals surface area (Å²) in [6, 6.07) is 0.941. The van der Waals surface area contributed by atoms with E-state index in [-0.39, 0.29) is 11.0 Å². The Morgan fingerprint density at radius 2 is 1.65 bits per heavy atom. The molecule has 0 saturated heterocycles. The standard InChI is InChI=1S/C13H18F3N/c1-5-13(2,3)12(17-4)11-9(15)6-8(14)7-10(11)16/h6-7,12,17H,5H2,1-4H3. The van der Waals surface area contributed by atoms with Crippen molar-refractivity contribution in [3.63, 3.8) is 0 Å². The molecule has 1 rings (SSSR count). The quantitative estimate of drug-likeness (QED) is 0.850. The molecule has 0 heterocycles. The van der Waals surface area contributed by atoms with E-state index >= 15 is 0 Å². The van der Waals surface area contributed by atoms with Crippen molar-refractivity contribution in [2.45, 2.75) is 33.2 Å². The predicted molar refractivity (Wildman–Crippen MR) is 62.2 cm³/mol. The third kappa shape index (κ3) is 2.80. The number of halogens is 3. The van der Waals surface area contributed by atoms with Crippen molar-refractivity contribution in [1.82, 2.24) is 5.32 Å². The number of benzene rings is 1. The molecule has 1 nitrogen and oxygen atoms in total. The SMILES string of the molecule is CCC(C)(C)C(NC)c1c(F)cc(F)cc1F. The molecule has 96 valence electrons. The maximum Gasteiger partial charge on any atom is 0.133 e. The van der Waals surface area contributed by atoms with Gasteiger partial charge in [0.1, 0.15) is 17.5 Å². The van der Waals surface area contributed by atoms with Crippen molar-refractivity contribution < 1.29 is 13.2 Å². The summed E-state index contributed by atoms with van der Waals surface area (Å²) in [6.45, 7) is 5.77. The third-order valence-electron chi connectivity index (χ3n) is 3.31. The number of nitrogens with one attached hydrogen (secondary N) is 1. The minimum absolute atomic E-state index is 0.0965. The lowest BCUT2D eigenvalue weighted by Crippen LogP contribution is -2.33. The Morgan fingerprint density at radius 1 is 1.18 bits per heavy atom. The van der Waals surface area contributed by atoms with Crippen LogP contribution in [-0.4, -0.2) is 7.05 Å². The first-order chi connectivity index (χ1) is 7.83. The van der Waals surface area contributed by atoms with Gasteiger partial charge in [-0.05, 0) is 18.9 Å². The van der Waals surface area contributed by atoms with Gasteiger partial charge in [0.05, 0.1) is 0 Å². The van der Waals surface area contributed by atoms with Gasteiger partial charge in [0, 0.05) is 23.7 Å². The van der Waals surface area contributed by atoms with Crippen LogP contribution in [0.3, 0.4) is 0 Å². The Kier molecular flexibility index (Phi) is 4.20. The molecule has 0 saturated carbocycles. The molecule has 0 aliphatic heterocycles. The van der Waals surface area contributed by atoms with Gasteiger partial charge in [0.2, 0.25) is 0 Å². The van der Waals surface area contributed by atoms with E-state index < -0.39 is 23.5 Å². The fourth-order valence-electron chi connectivity index (χ4n) is 1.96. The second-order valence-corrected chi connectivity index (χ2v) is 4.85. The van der Waals surface area contributed by atoms with Crippen molar-refractivity contribution in [3.8, 4) is 0 Å². The van der Waals surface area contributed by atoms with Crippen LogP contribution in [0.5, 0.6) is 0 Å². The molecular formula is C13H18F3N. The fourth-order valence-corrected chi connectivity index (χ4v) is 1.96. The van der Waals surface area contributed by atoms with Gasteiger partial charge in [0.15, 0.2) is 0 Å². The summed E-state index contributed by atoms with van der Waals surface area (Å²) in [6.07, 6.45) is 0.745. The van der Waals surface area contributed by atoms with Gasteiger partial charge in [-0.15, -0.1) is 0 Å². The van der Waals surface area contributed by atoms with Crippen molar-refractivity contribution in [3.05, 3.63) is 35.1 Å². The van der Waals surface area contributed by atoms with E-state index in [9.17, 15) is 13.2 Å². The van der Waals surface area contributed by atoms with Gasteiger partial charge in [0.25, 0.3) is 0 Å². The highest BCUT2D eigenvalue weighted by molar-refractivity contribution is 5.26. The molecule has 0 aromatic heterocycles. The first-order valence-corrected chi connectivity index (χ1v) is 5.65. The Bertz CT molecular complexity index is 379. The van der Waals surface area contributed by atoms with Gasteiger partial charge >= 0.3 is 0 Å². The zero-order valence-corrected chi connectivity index (χ0v) is 10.6. The summed E-state index contributed by atoms with van der Waals surface area (Å²) in [7, 11) is 1.64. The molecule has 1 atom stereocenters. The Morgan fingerprint density at radius 3 is 2.00 bits per heavy atom. The number of hydrogen-bond donors (Lipinski definition) is 1. The summed E-state index contributed by atoms with van der Waals surface area (Å²) in [5.74, 6) is -2.58. The minimum atomic E-state index is -0.895. The Balaban J connectivity index is 3.31. The smallest absolute Gasteiger partial charge is 0.133 e. The van der Waals surface area contributed by atoms with Crippen molar-refractivity contribution >= 4 is 0 Å². The van der Waals surface area contributed by atoms with E-state index in [1.807, 2.05) is 20.8 Å². The topological polar surface area (TPSA) is 12.0 Å². The lowest BCUT2D eigenvalue weighted by Gasteiger charge is -2.34. The van der Waals surface area contributed by atoms with E-state index in [2.05, 4.69) is 5.32 Å². The molecule has 1 N–H and O–H groups in total. The van der Waals surface area contributed by atoms with Crippen molar-refractivity contribution in [1.29, 1.82) is 0 Å². The molecular weight excluding hydrogens is 227 g/mol. The maximum atomic E-state index is 13.7. The van der Waals surface area contributed by atoms with Crippen LogP contribution in [0.15, 0.2) is 12.1 Å². The van der Waals surface area contributed by atoms with Gasteiger partial charge in [-0.1, -0.05) is 20.8 Å². The van der Waals surface area contributed by atoms with Crippen molar-refractivity contribution in [2.75, 3.05) is 7.05 Å². The summed E-state index contributed by atoms with van der Waals surface area (Å²) < 4.78 is 40.2. The molecule has 17 heavy (non-hydrogen) atoms. The normalized spacial score (nSPS) is 13.8. The van der Waals surface area contributed by atoms with Gasteiger partial charge < -0.3 is 5.32 Å². The van der Waals surface area contributed by atoms with Crippen LogP contribution in [0.2, 0.25) is 0 Å². The first-order valence-electron chi connectivity index (χ1n) is 5.65. The fraction of sp³-hybridized carbons (Fsp3) is 0.538. The van der Waals surface area contributed by atoms with Gasteiger partial charge in [-0.2, -0.15) is 0 Å². The lowest BCUT2D eigenvalue weighted by molar-refractivity contribution is 0.234. The monoisotopic (exact) mass is 245 g/mol. The Labute approximate surface area is 100 Å². The molecule has 0 spiro atoms. The third-order valence-corrected chi connectivity index (χ3v) is 3.31. The van der Waals surface area contributed by atoms with E-state index in [1.165, 1.54) is 0 Å². The summed E-state index contributed by atoms with van der Waals surface area (Å²) in [4.78, 5) is 0. The lowest BCUT2D eigenvalue weighted by atomic mass is 9.78. The van der Waals surface area contributed by atoms with Gasteiger partial charge in [-0.3, -0.25) is 0 Å². The molecule has 1 aromatic carbocycles. The molecule has 0 amide bonds. The highest BCUT2D eigenvalue weighted by Crippen LogP contribution is 2.38. The van der Waals surface area contributed by atoms with Crippen LogP contribution in [0.1, 0.15) is 38.8 Å². The number of rotatable bonds is 4. The highest BCUT2D eigenvalue weighted by atomic mass is 19.1. The molecule has 0 aliphatic rings. The van der Waals surface area contributed by atoms with Crippen LogP contribution in [0.25, 0.3) is 0 Å². The minimum Gasteiger partial charge on any atom is -0.312 e. The molecule has 1 aromatic rings. The predicted octanol–water partition coefficient (Wildman–Crippen LogP) is 3.80. The first kappa shape index (κ1) is 14.0.